The number of halogens is 1. The highest BCUT2D eigenvalue weighted by molar-refractivity contribution is 8.12. The molecule has 0 aromatic rings. The molecule has 10 heavy (non-hydrogen) atoms. The van der Waals surface area contributed by atoms with E-state index in [4.69, 9.17) is 15.4 Å². The van der Waals surface area contributed by atoms with Gasteiger partial charge in [0.05, 0.1) is 6.61 Å². The van der Waals surface area contributed by atoms with Crippen molar-refractivity contribution in [2.24, 2.45) is 0 Å². The molecule has 0 radical (unpaired) electrons. The van der Waals surface area contributed by atoms with Crippen LogP contribution in [0.15, 0.2) is 0 Å². The van der Waals surface area contributed by atoms with Gasteiger partial charge in [-0.1, -0.05) is 0 Å². The predicted octanol–water partition coefficient (Wildman–Crippen LogP) is 0.0961. The Kier molecular flexibility index (Phi) is 4.98. The fourth-order valence-corrected chi connectivity index (χ4v) is 0.939. The third-order valence-corrected chi connectivity index (χ3v) is 1.60. The molecular weight excluding hydrogens is 178 g/mol. The summed E-state index contributed by atoms with van der Waals surface area (Å²) in [7, 11) is 1.26. The first-order valence-corrected chi connectivity index (χ1v) is 5.14. The lowest BCUT2D eigenvalue weighted by atomic mass is 10.7. The molecule has 0 aliphatic heterocycles. The van der Waals surface area contributed by atoms with Gasteiger partial charge in [0, 0.05) is 23.8 Å². The van der Waals surface area contributed by atoms with E-state index < -0.39 is 9.24 Å². The topological polar surface area (TPSA) is 55.4 Å². The Hall–Kier alpha value is 0.160. The zero-order valence-electron chi connectivity index (χ0n) is 5.63. The minimum atomic E-state index is -3.56. The average Bonchev–Trinajstić information content (AvgIpc) is 1.78. The van der Waals surface area contributed by atoms with Gasteiger partial charge in [-0.05, 0) is 6.92 Å². The second-order valence-electron chi connectivity index (χ2n) is 1.53. The number of nitrogens with one attached hydrogen (secondary N) is 1. The van der Waals surface area contributed by atoms with Crippen LogP contribution in [0.5, 0.6) is 0 Å². The molecule has 0 aliphatic rings. The molecule has 4 nitrogen and oxygen atoms in total. The Bertz CT molecular complexity index is 167. The van der Waals surface area contributed by atoms with Crippen LogP contribution in [0, 0.1) is 0 Å². The molecule has 0 aromatic carbocycles. The van der Waals surface area contributed by atoms with E-state index in [1.54, 1.807) is 0 Å². The molecule has 0 aliphatic carbocycles. The molecule has 0 aromatic heterocycles. The average molecular weight is 188 g/mol. The van der Waals surface area contributed by atoms with Crippen molar-refractivity contribution in [3.05, 3.63) is 0 Å². The van der Waals surface area contributed by atoms with Crippen LogP contribution in [0.2, 0.25) is 0 Å². The van der Waals surface area contributed by atoms with Crippen molar-refractivity contribution >= 4 is 19.9 Å². The van der Waals surface area contributed by atoms with E-state index >= 15 is 0 Å². The maximum Gasteiger partial charge on any atom is 0.297 e. The zero-order chi connectivity index (χ0) is 8.04. The number of hydrogen-bond donors (Lipinski definition) is 1. The summed E-state index contributed by atoms with van der Waals surface area (Å²) in [5, 5.41) is 0. The highest BCUT2D eigenvalue weighted by Crippen LogP contribution is 1.87. The van der Waals surface area contributed by atoms with E-state index in [1.807, 2.05) is 6.92 Å². The van der Waals surface area contributed by atoms with E-state index in [0.29, 0.717) is 13.2 Å². The second-order valence-corrected chi connectivity index (χ2v) is 3.91. The largest absolute Gasteiger partial charge is 0.380 e. The van der Waals surface area contributed by atoms with Crippen LogP contribution in [0.1, 0.15) is 6.92 Å². The van der Waals surface area contributed by atoms with Gasteiger partial charge in [0.1, 0.15) is 0 Å². The van der Waals surface area contributed by atoms with Gasteiger partial charge in [0.15, 0.2) is 0 Å². The van der Waals surface area contributed by atoms with Crippen molar-refractivity contribution in [2.75, 3.05) is 19.8 Å². The maximum absolute atomic E-state index is 10.2. The number of rotatable bonds is 5. The summed E-state index contributed by atoms with van der Waals surface area (Å²) in [5.74, 6) is 0. The molecule has 1 N–H and O–H groups in total. The summed E-state index contributed by atoms with van der Waals surface area (Å²) in [6.45, 7) is 2.97. The second kappa shape index (κ2) is 4.90. The summed E-state index contributed by atoms with van der Waals surface area (Å²) in [6.07, 6.45) is 0. The molecule has 0 heterocycles. The first-order valence-electron chi connectivity index (χ1n) is 2.83. The molecule has 0 bridgehead atoms. The van der Waals surface area contributed by atoms with Crippen molar-refractivity contribution in [3.63, 3.8) is 0 Å². The highest BCUT2D eigenvalue weighted by Gasteiger charge is 2.00. The first kappa shape index (κ1) is 10.2. The lowest BCUT2D eigenvalue weighted by Gasteiger charge is -1.99. The van der Waals surface area contributed by atoms with Gasteiger partial charge in [-0.2, -0.15) is 13.1 Å². The summed E-state index contributed by atoms with van der Waals surface area (Å²) in [4.78, 5) is 0. The van der Waals surface area contributed by atoms with Gasteiger partial charge in [-0.3, -0.25) is 0 Å². The minimum Gasteiger partial charge on any atom is -0.380 e. The van der Waals surface area contributed by atoms with Crippen LogP contribution in [0.3, 0.4) is 0 Å². The molecule has 0 unspecified atom stereocenters. The van der Waals surface area contributed by atoms with Crippen LogP contribution in [0.4, 0.5) is 0 Å². The molecule has 0 amide bonds. The normalized spacial score (nSPS) is 11.8. The minimum absolute atomic E-state index is 0.222. The van der Waals surface area contributed by atoms with Crippen molar-refractivity contribution in [1.82, 2.24) is 4.72 Å². The Balaban J connectivity index is 3.21. The monoisotopic (exact) mass is 187 g/mol. The van der Waals surface area contributed by atoms with Crippen molar-refractivity contribution in [2.45, 2.75) is 6.92 Å². The predicted molar refractivity (Wildman–Crippen MR) is 39.3 cm³/mol. The molecule has 0 atom stereocenters. The lowest BCUT2D eigenvalue weighted by molar-refractivity contribution is 0.153. The van der Waals surface area contributed by atoms with E-state index in [0.717, 1.165) is 0 Å². The highest BCUT2D eigenvalue weighted by atomic mass is 35.7. The molecule has 0 saturated heterocycles. The first-order chi connectivity index (χ1) is 4.56. The van der Waals surface area contributed by atoms with Crippen LogP contribution in [0.25, 0.3) is 0 Å². The zero-order valence-corrected chi connectivity index (χ0v) is 7.20. The van der Waals surface area contributed by atoms with E-state index in [2.05, 4.69) is 4.72 Å². The van der Waals surface area contributed by atoms with Crippen molar-refractivity contribution < 1.29 is 13.2 Å². The summed E-state index contributed by atoms with van der Waals surface area (Å²) in [5.41, 5.74) is 0. The Labute approximate surface area is 65.1 Å². The fourth-order valence-electron chi connectivity index (χ4n) is 0.380. The number of hydrogen-bond acceptors (Lipinski definition) is 3. The van der Waals surface area contributed by atoms with Crippen LogP contribution >= 0.6 is 10.7 Å². The fraction of sp³-hybridized carbons (Fsp3) is 1.00. The van der Waals surface area contributed by atoms with E-state index in [-0.39, 0.29) is 6.54 Å². The summed E-state index contributed by atoms with van der Waals surface area (Å²) < 4.78 is 27.3. The van der Waals surface area contributed by atoms with E-state index in [9.17, 15) is 8.42 Å². The van der Waals surface area contributed by atoms with Crippen LogP contribution in [-0.2, 0) is 14.0 Å². The van der Waals surface area contributed by atoms with Gasteiger partial charge in [0.2, 0.25) is 0 Å². The summed E-state index contributed by atoms with van der Waals surface area (Å²) >= 11 is 0. The lowest BCUT2D eigenvalue weighted by Crippen LogP contribution is -2.22. The molecule has 0 fully saturated rings. The maximum atomic E-state index is 10.2. The van der Waals surface area contributed by atoms with Crippen LogP contribution in [-0.4, -0.2) is 28.2 Å². The van der Waals surface area contributed by atoms with Gasteiger partial charge in [-0.25, -0.2) is 0 Å². The van der Waals surface area contributed by atoms with Crippen molar-refractivity contribution in [3.8, 4) is 0 Å². The Morgan fingerprint density at radius 3 is 2.60 bits per heavy atom. The Morgan fingerprint density at radius 1 is 1.60 bits per heavy atom. The molecule has 62 valence electrons. The summed E-state index contributed by atoms with van der Waals surface area (Å²) in [6, 6.07) is 0. The SMILES string of the molecule is CCOCCNS(=O)(=O)Cl. The molecule has 6 heteroatoms. The van der Waals surface area contributed by atoms with Crippen molar-refractivity contribution in [1.29, 1.82) is 0 Å². The van der Waals surface area contributed by atoms with E-state index in [1.165, 1.54) is 0 Å². The van der Waals surface area contributed by atoms with Crippen LogP contribution < -0.4 is 4.72 Å². The standard InChI is InChI=1S/C4H10ClNO3S/c1-2-9-4-3-6-10(5,7)8/h6H,2-4H2,1H3. The van der Waals surface area contributed by atoms with Gasteiger partial charge >= 0.3 is 0 Å². The Morgan fingerprint density at radius 2 is 2.20 bits per heavy atom. The quantitative estimate of drug-likeness (QED) is 0.491. The molecule has 0 spiro atoms. The third kappa shape index (κ3) is 8.16. The van der Waals surface area contributed by atoms with Gasteiger partial charge in [0.25, 0.3) is 9.24 Å². The number of ether oxygens (including phenoxy) is 1. The molecule has 0 saturated carbocycles. The third-order valence-electron chi connectivity index (χ3n) is 0.725. The smallest absolute Gasteiger partial charge is 0.297 e. The van der Waals surface area contributed by atoms with Gasteiger partial charge in [-0.15, -0.1) is 0 Å². The van der Waals surface area contributed by atoms with Gasteiger partial charge < -0.3 is 4.74 Å². The molecule has 0 rings (SSSR count). The molecular formula is C4H10ClNO3S.